The van der Waals surface area contributed by atoms with Gasteiger partial charge in [0.2, 0.25) is 11.8 Å². The third-order valence-electron chi connectivity index (χ3n) is 4.42. The highest BCUT2D eigenvalue weighted by molar-refractivity contribution is 7.13. The maximum atomic E-state index is 12.5. The lowest BCUT2D eigenvalue weighted by molar-refractivity contribution is -0.136. The van der Waals surface area contributed by atoms with E-state index in [1.807, 2.05) is 23.6 Å². The van der Waals surface area contributed by atoms with Crippen molar-refractivity contribution >= 4 is 23.2 Å². The van der Waals surface area contributed by atoms with Gasteiger partial charge in [-0.15, -0.1) is 11.3 Å². The molecule has 1 aromatic carbocycles. The van der Waals surface area contributed by atoms with Crippen LogP contribution in [0.25, 0.3) is 10.6 Å². The number of rotatable bonds is 6. The van der Waals surface area contributed by atoms with Gasteiger partial charge in [-0.05, 0) is 31.0 Å². The molecule has 0 saturated carbocycles. The fraction of sp³-hybridized carbons (Fsp3) is 0.389. The minimum absolute atomic E-state index is 0.115. The number of nitrogens with zero attached hydrogens (tertiary/aromatic N) is 2. The number of carbonyl (C=O) groups excluding carboxylic acids is 2. The number of aromatic nitrogens is 1. The Morgan fingerprint density at radius 2 is 2.08 bits per heavy atom. The summed E-state index contributed by atoms with van der Waals surface area (Å²) in [5.74, 6) is 0.713. The average molecular weight is 375 g/mol. The van der Waals surface area contributed by atoms with Crippen molar-refractivity contribution in [2.75, 3.05) is 20.8 Å². The van der Waals surface area contributed by atoms with Crippen molar-refractivity contribution < 1.29 is 19.1 Å². The van der Waals surface area contributed by atoms with Crippen LogP contribution in [-0.4, -0.2) is 48.5 Å². The van der Waals surface area contributed by atoms with Crippen molar-refractivity contribution in [1.29, 1.82) is 0 Å². The summed E-state index contributed by atoms with van der Waals surface area (Å²) in [6.07, 6.45) is 1.59. The topological polar surface area (TPSA) is 94.8 Å². The summed E-state index contributed by atoms with van der Waals surface area (Å²) < 4.78 is 10.6. The van der Waals surface area contributed by atoms with Gasteiger partial charge in [-0.25, -0.2) is 4.98 Å². The molecule has 0 bridgehead atoms. The molecule has 1 aromatic heterocycles. The van der Waals surface area contributed by atoms with Gasteiger partial charge in [-0.3, -0.25) is 9.59 Å². The lowest BCUT2D eigenvalue weighted by Crippen LogP contribution is -2.44. The first-order valence-electron chi connectivity index (χ1n) is 8.29. The number of methoxy groups -OCH3 is 2. The number of nitrogens with two attached hydrogens (primary N) is 1. The van der Waals surface area contributed by atoms with Crippen LogP contribution in [0.15, 0.2) is 23.6 Å². The highest BCUT2D eigenvalue weighted by Crippen LogP contribution is 2.33. The predicted molar refractivity (Wildman–Crippen MR) is 98.3 cm³/mol. The van der Waals surface area contributed by atoms with E-state index in [2.05, 4.69) is 4.98 Å². The molecule has 1 fully saturated rings. The molecule has 2 N–H and O–H groups in total. The van der Waals surface area contributed by atoms with E-state index < -0.39 is 11.9 Å². The zero-order valence-corrected chi connectivity index (χ0v) is 15.5. The zero-order valence-electron chi connectivity index (χ0n) is 14.7. The van der Waals surface area contributed by atoms with Crippen LogP contribution in [0.1, 0.15) is 18.5 Å². The average Bonchev–Trinajstić information content (AvgIpc) is 3.30. The fourth-order valence-electron chi connectivity index (χ4n) is 3.11. The number of thiazole rings is 1. The molecule has 26 heavy (non-hydrogen) atoms. The van der Waals surface area contributed by atoms with Crippen LogP contribution >= 0.6 is 11.3 Å². The first kappa shape index (κ1) is 18.2. The Hall–Kier alpha value is -2.61. The van der Waals surface area contributed by atoms with Gasteiger partial charge in [-0.1, -0.05) is 0 Å². The monoisotopic (exact) mass is 375 g/mol. The van der Waals surface area contributed by atoms with E-state index in [1.54, 1.807) is 19.1 Å². The number of amides is 2. The number of primary amides is 1. The molecule has 1 atom stereocenters. The zero-order chi connectivity index (χ0) is 18.7. The van der Waals surface area contributed by atoms with Gasteiger partial charge in [0.25, 0.3) is 0 Å². The van der Waals surface area contributed by atoms with Crippen LogP contribution in [0.5, 0.6) is 11.5 Å². The minimum atomic E-state index is -0.494. The molecular formula is C18H21N3O4S. The number of benzene rings is 1. The molecule has 1 saturated heterocycles. The maximum absolute atomic E-state index is 12.5. The molecule has 2 amide bonds. The van der Waals surface area contributed by atoms with Crippen molar-refractivity contribution in [1.82, 2.24) is 9.88 Å². The van der Waals surface area contributed by atoms with Crippen LogP contribution in [0.3, 0.4) is 0 Å². The molecule has 0 unspecified atom stereocenters. The number of ether oxygens (including phenoxy) is 2. The number of likely N-dealkylation sites (tertiary alicyclic amines) is 1. The summed E-state index contributed by atoms with van der Waals surface area (Å²) in [5, 5.41) is 2.65. The second-order valence-electron chi connectivity index (χ2n) is 6.04. The van der Waals surface area contributed by atoms with Crippen LogP contribution in [0.4, 0.5) is 0 Å². The van der Waals surface area contributed by atoms with Gasteiger partial charge in [0.1, 0.15) is 11.0 Å². The molecule has 0 radical (unpaired) electrons. The van der Waals surface area contributed by atoms with Gasteiger partial charge in [0.15, 0.2) is 11.5 Å². The molecule has 3 rings (SSSR count). The van der Waals surface area contributed by atoms with Crippen molar-refractivity contribution in [3.05, 3.63) is 29.3 Å². The maximum Gasteiger partial charge on any atom is 0.240 e. The molecule has 2 aromatic rings. The van der Waals surface area contributed by atoms with Gasteiger partial charge >= 0.3 is 0 Å². The standard InChI is InChI=1S/C18H21N3O4S/c1-24-14-6-5-11(8-15(14)25-2)18-20-12(10-26-18)9-16(22)21-7-3-4-13(21)17(19)23/h5-6,8,10,13H,3-4,7,9H2,1-2H3,(H2,19,23)/t13-/m1/s1. The Labute approximate surface area is 155 Å². The lowest BCUT2D eigenvalue weighted by Gasteiger charge is -2.21. The Kier molecular flexibility index (Phi) is 5.41. The molecule has 1 aliphatic rings. The van der Waals surface area contributed by atoms with Crippen molar-refractivity contribution in [3.8, 4) is 22.1 Å². The highest BCUT2D eigenvalue weighted by atomic mass is 32.1. The Balaban J connectivity index is 1.74. The summed E-state index contributed by atoms with van der Waals surface area (Å²) in [5.41, 5.74) is 6.95. The van der Waals surface area contributed by atoms with Crippen molar-refractivity contribution in [3.63, 3.8) is 0 Å². The summed E-state index contributed by atoms with van der Waals surface area (Å²) in [4.78, 5) is 30.1. The first-order valence-corrected chi connectivity index (χ1v) is 9.17. The SMILES string of the molecule is COc1ccc(-c2nc(CC(=O)N3CCC[C@@H]3C(N)=O)cs2)cc1OC. The molecule has 2 heterocycles. The van der Waals surface area contributed by atoms with Gasteiger partial charge < -0.3 is 20.1 Å². The van der Waals surface area contributed by atoms with Crippen LogP contribution in [0.2, 0.25) is 0 Å². The smallest absolute Gasteiger partial charge is 0.240 e. The van der Waals surface area contributed by atoms with Crippen molar-refractivity contribution in [2.45, 2.75) is 25.3 Å². The van der Waals surface area contributed by atoms with E-state index in [9.17, 15) is 9.59 Å². The van der Waals surface area contributed by atoms with Gasteiger partial charge in [0.05, 0.1) is 26.3 Å². The summed E-state index contributed by atoms with van der Waals surface area (Å²) in [7, 11) is 3.17. The molecular weight excluding hydrogens is 354 g/mol. The molecule has 0 aliphatic carbocycles. The van der Waals surface area contributed by atoms with E-state index >= 15 is 0 Å². The molecule has 1 aliphatic heterocycles. The summed E-state index contributed by atoms with van der Waals surface area (Å²) >= 11 is 1.46. The van der Waals surface area contributed by atoms with E-state index in [1.165, 1.54) is 11.3 Å². The van der Waals surface area contributed by atoms with Gasteiger partial charge in [-0.2, -0.15) is 0 Å². The first-order chi connectivity index (χ1) is 12.5. The summed E-state index contributed by atoms with van der Waals surface area (Å²) in [6, 6.07) is 5.08. The minimum Gasteiger partial charge on any atom is -0.493 e. The second kappa shape index (κ2) is 7.74. The lowest BCUT2D eigenvalue weighted by atomic mass is 10.2. The molecule has 8 heteroatoms. The number of hydrogen-bond acceptors (Lipinski definition) is 6. The van der Waals surface area contributed by atoms with Crippen LogP contribution in [-0.2, 0) is 16.0 Å². The molecule has 7 nitrogen and oxygen atoms in total. The third kappa shape index (κ3) is 3.65. The largest absolute Gasteiger partial charge is 0.493 e. The van der Waals surface area contributed by atoms with Gasteiger partial charge in [0, 0.05) is 17.5 Å². The Morgan fingerprint density at radius 1 is 1.31 bits per heavy atom. The van der Waals surface area contributed by atoms with Crippen LogP contribution in [0, 0.1) is 0 Å². The fourth-order valence-corrected chi connectivity index (χ4v) is 3.92. The molecule has 0 spiro atoms. The molecule has 138 valence electrons. The Morgan fingerprint density at radius 3 is 2.77 bits per heavy atom. The van der Waals surface area contributed by atoms with Crippen molar-refractivity contribution in [2.24, 2.45) is 5.73 Å². The number of hydrogen-bond donors (Lipinski definition) is 1. The Bertz CT molecular complexity index is 821. The van der Waals surface area contributed by atoms with E-state index in [0.717, 1.165) is 17.0 Å². The third-order valence-corrected chi connectivity index (χ3v) is 5.36. The quantitative estimate of drug-likeness (QED) is 0.831. The number of carbonyl (C=O) groups is 2. The predicted octanol–water partition coefficient (Wildman–Crippen LogP) is 1.85. The van der Waals surface area contributed by atoms with E-state index in [0.29, 0.717) is 30.2 Å². The normalized spacial score (nSPS) is 16.5. The van der Waals surface area contributed by atoms with Crippen LogP contribution < -0.4 is 15.2 Å². The second-order valence-corrected chi connectivity index (χ2v) is 6.90. The highest BCUT2D eigenvalue weighted by Gasteiger charge is 2.32. The summed E-state index contributed by atoms with van der Waals surface area (Å²) in [6.45, 7) is 0.569. The van der Waals surface area contributed by atoms with E-state index in [4.69, 9.17) is 15.2 Å². The van der Waals surface area contributed by atoms with E-state index in [-0.39, 0.29) is 12.3 Å².